The van der Waals surface area contributed by atoms with Gasteiger partial charge in [0.05, 0.1) is 9.77 Å². The summed E-state index contributed by atoms with van der Waals surface area (Å²) < 4.78 is 0.764. The quantitative estimate of drug-likeness (QED) is 0.560. The molecule has 106 valence electrons. The number of carbonyl (C=O) groups is 1. The van der Waals surface area contributed by atoms with Gasteiger partial charge in [-0.25, -0.2) is 0 Å². The second-order valence-electron chi connectivity index (χ2n) is 4.93. The lowest BCUT2D eigenvalue weighted by Gasteiger charge is -2.14. The van der Waals surface area contributed by atoms with E-state index < -0.39 is 0 Å². The third-order valence-corrected chi connectivity index (χ3v) is 3.88. The van der Waals surface area contributed by atoms with Gasteiger partial charge < -0.3 is 10.4 Å². The number of hydrogen-bond acceptors (Lipinski definition) is 3. The van der Waals surface area contributed by atoms with Crippen molar-refractivity contribution in [3.8, 4) is 5.75 Å². The Morgan fingerprint density at radius 2 is 2.15 bits per heavy atom. The van der Waals surface area contributed by atoms with Crippen molar-refractivity contribution in [3.05, 3.63) is 38.7 Å². The SMILES string of the molecule is Cc1cc(O)c(C(C)C)cc1NC(=O)c1[nH]ncc1I. The van der Waals surface area contributed by atoms with Crippen molar-refractivity contribution in [2.75, 3.05) is 5.32 Å². The minimum absolute atomic E-state index is 0.179. The number of carbonyl (C=O) groups excluding carboxylic acids is 1. The van der Waals surface area contributed by atoms with Crippen LogP contribution < -0.4 is 5.32 Å². The lowest BCUT2D eigenvalue weighted by Crippen LogP contribution is -2.15. The number of halogens is 1. The molecule has 20 heavy (non-hydrogen) atoms. The van der Waals surface area contributed by atoms with Crippen molar-refractivity contribution in [2.45, 2.75) is 26.7 Å². The number of rotatable bonds is 3. The van der Waals surface area contributed by atoms with Crippen LogP contribution in [-0.2, 0) is 0 Å². The number of nitrogens with one attached hydrogen (secondary N) is 2. The first-order chi connectivity index (χ1) is 9.40. The summed E-state index contributed by atoms with van der Waals surface area (Å²) in [6.45, 7) is 5.83. The number of aromatic nitrogens is 2. The van der Waals surface area contributed by atoms with E-state index in [4.69, 9.17) is 0 Å². The van der Waals surface area contributed by atoms with Gasteiger partial charge in [-0.1, -0.05) is 13.8 Å². The van der Waals surface area contributed by atoms with E-state index in [1.54, 1.807) is 12.3 Å². The number of hydrogen-bond donors (Lipinski definition) is 3. The Balaban J connectivity index is 2.32. The van der Waals surface area contributed by atoms with Crippen molar-refractivity contribution >= 4 is 34.2 Å². The van der Waals surface area contributed by atoms with Gasteiger partial charge in [0.15, 0.2) is 0 Å². The van der Waals surface area contributed by atoms with Gasteiger partial charge in [0.25, 0.3) is 5.91 Å². The molecule has 0 atom stereocenters. The van der Waals surface area contributed by atoms with Crippen molar-refractivity contribution in [3.63, 3.8) is 0 Å². The molecule has 0 aliphatic heterocycles. The molecule has 0 fully saturated rings. The Labute approximate surface area is 130 Å². The molecule has 1 aromatic carbocycles. The number of aryl methyl sites for hydroxylation is 1. The predicted octanol–water partition coefficient (Wildman–Crippen LogP) is 3.40. The van der Waals surface area contributed by atoms with Crippen molar-refractivity contribution in [1.29, 1.82) is 0 Å². The summed E-state index contributed by atoms with van der Waals surface area (Å²) in [7, 11) is 0. The topological polar surface area (TPSA) is 78.0 Å². The van der Waals surface area contributed by atoms with E-state index in [1.165, 1.54) is 0 Å². The average Bonchev–Trinajstić information content (AvgIpc) is 2.78. The number of benzene rings is 1. The zero-order valence-corrected chi connectivity index (χ0v) is 13.6. The molecular formula is C14H16IN3O2. The highest BCUT2D eigenvalue weighted by molar-refractivity contribution is 14.1. The van der Waals surface area contributed by atoms with Crippen LogP contribution in [0.15, 0.2) is 18.3 Å². The van der Waals surface area contributed by atoms with Gasteiger partial charge >= 0.3 is 0 Å². The van der Waals surface area contributed by atoms with Crippen LogP contribution in [0.1, 0.15) is 41.4 Å². The summed E-state index contributed by atoms with van der Waals surface area (Å²) in [5.74, 6) is 0.195. The smallest absolute Gasteiger partial charge is 0.274 e. The Morgan fingerprint density at radius 3 is 2.70 bits per heavy atom. The number of aromatic hydroxyl groups is 1. The summed E-state index contributed by atoms with van der Waals surface area (Å²) in [4.78, 5) is 12.2. The lowest BCUT2D eigenvalue weighted by molar-refractivity contribution is 0.102. The zero-order chi connectivity index (χ0) is 14.9. The van der Waals surface area contributed by atoms with Crippen LogP contribution in [0.5, 0.6) is 5.75 Å². The number of aromatic amines is 1. The van der Waals surface area contributed by atoms with Crippen molar-refractivity contribution in [1.82, 2.24) is 10.2 Å². The molecule has 0 bridgehead atoms. The van der Waals surface area contributed by atoms with Crippen LogP contribution in [0.2, 0.25) is 0 Å². The van der Waals surface area contributed by atoms with Gasteiger partial charge in [-0.2, -0.15) is 5.10 Å². The maximum absolute atomic E-state index is 12.2. The number of phenols is 1. The first-order valence-corrected chi connectivity index (χ1v) is 7.31. The maximum atomic E-state index is 12.2. The number of amides is 1. The molecule has 1 aromatic heterocycles. The van der Waals surface area contributed by atoms with Crippen LogP contribution >= 0.6 is 22.6 Å². The number of phenolic OH excluding ortho intramolecular Hbond substituents is 1. The van der Waals surface area contributed by atoms with Gasteiger partial charge in [0.1, 0.15) is 11.4 Å². The maximum Gasteiger partial charge on any atom is 0.274 e. The predicted molar refractivity (Wildman–Crippen MR) is 86.2 cm³/mol. The summed E-state index contributed by atoms with van der Waals surface area (Å²) in [5.41, 5.74) is 2.76. The third-order valence-electron chi connectivity index (χ3n) is 3.06. The van der Waals surface area contributed by atoms with Crippen LogP contribution in [0.25, 0.3) is 0 Å². The van der Waals surface area contributed by atoms with E-state index in [1.807, 2.05) is 26.8 Å². The molecule has 0 aliphatic rings. The van der Waals surface area contributed by atoms with Gasteiger partial charge in [0.2, 0.25) is 0 Å². The molecule has 0 spiro atoms. The molecule has 0 aliphatic carbocycles. The molecule has 6 heteroatoms. The van der Waals surface area contributed by atoms with E-state index in [-0.39, 0.29) is 17.6 Å². The molecule has 1 heterocycles. The van der Waals surface area contributed by atoms with Crippen LogP contribution in [0.4, 0.5) is 5.69 Å². The van der Waals surface area contributed by atoms with Gasteiger partial charge in [-0.3, -0.25) is 9.89 Å². The van der Waals surface area contributed by atoms with Gasteiger partial charge in [-0.05, 0) is 58.7 Å². The van der Waals surface area contributed by atoms with Crippen LogP contribution in [-0.4, -0.2) is 21.2 Å². The van der Waals surface area contributed by atoms with E-state index in [9.17, 15) is 9.90 Å². The molecule has 0 saturated heterocycles. The van der Waals surface area contributed by atoms with Gasteiger partial charge in [0, 0.05) is 5.69 Å². The standard InChI is InChI=1S/C14H16IN3O2/c1-7(2)9-5-11(8(3)4-12(9)19)17-14(20)13-10(15)6-16-18-13/h4-7,19H,1-3H3,(H,16,18)(H,17,20). The average molecular weight is 385 g/mol. The van der Waals surface area contributed by atoms with E-state index in [0.29, 0.717) is 11.4 Å². The van der Waals surface area contributed by atoms with Crippen molar-refractivity contribution < 1.29 is 9.90 Å². The number of nitrogens with zero attached hydrogens (tertiary/aromatic N) is 1. The highest BCUT2D eigenvalue weighted by Gasteiger charge is 2.15. The van der Waals surface area contributed by atoms with Gasteiger partial charge in [-0.15, -0.1) is 0 Å². The largest absolute Gasteiger partial charge is 0.508 e. The molecule has 0 radical (unpaired) electrons. The summed E-state index contributed by atoms with van der Waals surface area (Å²) in [6.07, 6.45) is 1.60. The highest BCUT2D eigenvalue weighted by atomic mass is 127. The molecule has 3 N–H and O–H groups in total. The monoisotopic (exact) mass is 385 g/mol. The van der Waals surface area contributed by atoms with E-state index in [0.717, 1.165) is 14.7 Å². The molecule has 2 aromatic rings. The second kappa shape index (κ2) is 5.82. The third kappa shape index (κ3) is 2.95. The Hall–Kier alpha value is -1.57. The Morgan fingerprint density at radius 1 is 1.45 bits per heavy atom. The summed E-state index contributed by atoms with van der Waals surface area (Å²) in [6, 6.07) is 3.49. The molecule has 5 nitrogen and oxygen atoms in total. The van der Waals surface area contributed by atoms with Crippen LogP contribution in [0, 0.1) is 10.5 Å². The highest BCUT2D eigenvalue weighted by Crippen LogP contribution is 2.31. The Kier molecular flexibility index (Phi) is 4.32. The summed E-state index contributed by atoms with van der Waals surface area (Å²) >= 11 is 2.05. The lowest BCUT2D eigenvalue weighted by atomic mass is 9.99. The zero-order valence-electron chi connectivity index (χ0n) is 11.5. The molecule has 1 amide bonds. The molecular weight excluding hydrogens is 369 g/mol. The normalized spacial score (nSPS) is 10.8. The fourth-order valence-electron chi connectivity index (χ4n) is 1.92. The summed E-state index contributed by atoms with van der Waals surface area (Å²) in [5, 5.41) is 19.3. The van der Waals surface area contributed by atoms with Crippen LogP contribution in [0.3, 0.4) is 0 Å². The molecule has 0 saturated carbocycles. The molecule has 0 unspecified atom stereocenters. The van der Waals surface area contributed by atoms with Crippen molar-refractivity contribution in [2.24, 2.45) is 0 Å². The Bertz CT molecular complexity index is 650. The fraction of sp³-hybridized carbons (Fsp3) is 0.286. The minimum atomic E-state index is -0.240. The fourth-order valence-corrected chi connectivity index (χ4v) is 2.43. The number of H-pyrrole nitrogens is 1. The van der Waals surface area contributed by atoms with E-state index in [2.05, 4.69) is 38.1 Å². The second-order valence-corrected chi connectivity index (χ2v) is 6.09. The molecule has 2 rings (SSSR count). The first kappa shape index (κ1) is 14.8. The first-order valence-electron chi connectivity index (χ1n) is 6.24. The van der Waals surface area contributed by atoms with E-state index >= 15 is 0 Å². The minimum Gasteiger partial charge on any atom is -0.508 e. The number of anilines is 1.